The molecule has 1 fully saturated rings. The van der Waals surface area contributed by atoms with Crippen molar-refractivity contribution in [3.63, 3.8) is 0 Å². The minimum Gasteiger partial charge on any atom is -0.496 e. The molecule has 0 saturated carbocycles. The van der Waals surface area contributed by atoms with Crippen molar-refractivity contribution in [1.82, 2.24) is 4.31 Å². The number of nitrogens with zero attached hydrogens (tertiary/aromatic N) is 2. The van der Waals surface area contributed by atoms with Gasteiger partial charge in [-0.2, -0.15) is 4.31 Å². The van der Waals surface area contributed by atoms with Gasteiger partial charge in [-0.1, -0.05) is 0 Å². The van der Waals surface area contributed by atoms with E-state index in [0.29, 0.717) is 30.2 Å². The predicted octanol–water partition coefficient (Wildman–Crippen LogP) is 2.97. The van der Waals surface area contributed by atoms with Crippen LogP contribution in [-0.4, -0.2) is 50.9 Å². The largest absolute Gasteiger partial charge is 0.496 e. The number of aryl methyl sites for hydroxylation is 1. The molecule has 0 atom stereocenters. The third kappa shape index (κ3) is 5.17. The number of benzene rings is 2. The number of anilines is 1. The summed E-state index contributed by atoms with van der Waals surface area (Å²) in [5.41, 5.74) is 0.584. The number of carbonyl (C=O) groups is 1. The van der Waals surface area contributed by atoms with Crippen molar-refractivity contribution in [1.29, 1.82) is 0 Å². The Morgan fingerprint density at radius 3 is 2.38 bits per heavy atom. The molecule has 1 heterocycles. The van der Waals surface area contributed by atoms with E-state index in [1.54, 1.807) is 6.07 Å². The first-order valence-corrected chi connectivity index (χ1v) is 11.5. The number of nitrogens with one attached hydrogen (secondary N) is 1. The van der Waals surface area contributed by atoms with Crippen molar-refractivity contribution >= 4 is 27.3 Å². The molecular formula is C21H25N3O7S. The van der Waals surface area contributed by atoms with Crippen LogP contribution < -0.4 is 14.8 Å². The number of carbonyl (C=O) groups excluding carboxylic acids is 1. The van der Waals surface area contributed by atoms with E-state index >= 15 is 0 Å². The smallest absolute Gasteiger partial charge is 0.271 e. The zero-order chi connectivity index (χ0) is 23.3. The van der Waals surface area contributed by atoms with Crippen molar-refractivity contribution in [3.05, 3.63) is 52.1 Å². The summed E-state index contributed by atoms with van der Waals surface area (Å²) in [6.45, 7) is 0.994. The Bertz CT molecular complexity index is 1110. The van der Waals surface area contributed by atoms with E-state index in [-0.39, 0.29) is 29.1 Å². The number of nitro benzene ring substituents is 1. The van der Waals surface area contributed by atoms with E-state index in [9.17, 15) is 23.3 Å². The highest BCUT2D eigenvalue weighted by Crippen LogP contribution is 2.30. The minimum absolute atomic E-state index is 0.00935. The first-order valence-electron chi connectivity index (χ1n) is 10.1. The molecule has 0 aromatic heterocycles. The van der Waals surface area contributed by atoms with E-state index < -0.39 is 20.9 Å². The topological polar surface area (TPSA) is 128 Å². The third-order valence-electron chi connectivity index (χ3n) is 5.24. The summed E-state index contributed by atoms with van der Waals surface area (Å²) in [5.74, 6) is 0.366. The summed E-state index contributed by atoms with van der Waals surface area (Å²) in [7, 11) is -0.728. The molecule has 1 aliphatic rings. The van der Waals surface area contributed by atoms with Gasteiger partial charge in [-0.15, -0.1) is 0 Å². The molecule has 1 N–H and O–H groups in total. The third-order valence-corrected chi connectivity index (χ3v) is 7.14. The molecule has 2 aromatic carbocycles. The first-order chi connectivity index (χ1) is 15.3. The van der Waals surface area contributed by atoms with Crippen molar-refractivity contribution < 1.29 is 27.6 Å². The van der Waals surface area contributed by atoms with E-state index in [0.717, 1.165) is 12.8 Å². The van der Waals surface area contributed by atoms with Gasteiger partial charge < -0.3 is 14.8 Å². The van der Waals surface area contributed by atoms with Gasteiger partial charge in [0.2, 0.25) is 15.9 Å². The van der Waals surface area contributed by atoms with Crippen LogP contribution in [0.3, 0.4) is 0 Å². The van der Waals surface area contributed by atoms with E-state index in [4.69, 9.17) is 9.47 Å². The Labute approximate surface area is 186 Å². The molecule has 10 nitrogen and oxygen atoms in total. The second-order valence-corrected chi connectivity index (χ2v) is 9.21. The molecule has 3 rings (SSSR count). The fourth-order valence-electron chi connectivity index (χ4n) is 3.56. The van der Waals surface area contributed by atoms with Crippen LogP contribution in [0.15, 0.2) is 41.3 Å². The summed E-state index contributed by atoms with van der Waals surface area (Å²) < 4.78 is 37.7. The molecular weight excluding hydrogens is 438 g/mol. The zero-order valence-corrected chi connectivity index (χ0v) is 18.7. The molecule has 0 aliphatic carbocycles. The molecule has 1 aliphatic heterocycles. The molecule has 0 unspecified atom stereocenters. The van der Waals surface area contributed by atoms with Crippen molar-refractivity contribution in [2.24, 2.45) is 0 Å². The number of nitro groups is 1. The Morgan fingerprint density at radius 2 is 1.75 bits per heavy atom. The van der Waals surface area contributed by atoms with Gasteiger partial charge in [-0.25, -0.2) is 8.42 Å². The van der Waals surface area contributed by atoms with Gasteiger partial charge in [-0.05, 0) is 49.1 Å². The van der Waals surface area contributed by atoms with Crippen molar-refractivity contribution in [2.75, 3.05) is 32.6 Å². The summed E-state index contributed by atoms with van der Waals surface area (Å²) in [4.78, 5) is 23.1. The monoisotopic (exact) mass is 463 g/mol. The molecule has 0 bridgehead atoms. The summed E-state index contributed by atoms with van der Waals surface area (Å²) in [5, 5.41) is 13.6. The van der Waals surface area contributed by atoms with Gasteiger partial charge in [0.15, 0.2) is 0 Å². The zero-order valence-electron chi connectivity index (χ0n) is 17.9. The highest BCUT2D eigenvalue weighted by atomic mass is 32.2. The highest BCUT2D eigenvalue weighted by molar-refractivity contribution is 7.89. The molecule has 0 spiro atoms. The molecule has 32 heavy (non-hydrogen) atoms. The number of hydrogen-bond donors (Lipinski definition) is 1. The Balaban J connectivity index is 1.75. The maximum Gasteiger partial charge on any atom is 0.271 e. The van der Waals surface area contributed by atoms with Gasteiger partial charge in [-0.3, -0.25) is 14.9 Å². The van der Waals surface area contributed by atoms with Gasteiger partial charge in [0, 0.05) is 31.6 Å². The molecule has 172 valence electrons. The first kappa shape index (κ1) is 23.5. The van der Waals surface area contributed by atoms with Crippen LogP contribution in [0.25, 0.3) is 0 Å². The molecule has 1 saturated heterocycles. The number of ether oxygens (including phenoxy) is 2. The lowest BCUT2D eigenvalue weighted by Crippen LogP contribution is -2.28. The van der Waals surface area contributed by atoms with Gasteiger partial charge in [0.05, 0.1) is 29.7 Å². The number of non-ortho nitro benzene ring substituents is 1. The average Bonchev–Trinajstić information content (AvgIpc) is 3.33. The Kier molecular flexibility index (Phi) is 7.31. The van der Waals surface area contributed by atoms with E-state index in [2.05, 4.69) is 5.32 Å². The van der Waals surface area contributed by atoms with Crippen LogP contribution >= 0.6 is 0 Å². The fourth-order valence-corrected chi connectivity index (χ4v) is 5.12. The number of rotatable bonds is 9. The van der Waals surface area contributed by atoms with Crippen molar-refractivity contribution in [2.45, 2.75) is 30.6 Å². The van der Waals surface area contributed by atoms with E-state index in [1.807, 2.05) is 0 Å². The van der Waals surface area contributed by atoms with Crippen LogP contribution in [0.1, 0.15) is 24.8 Å². The fraction of sp³-hybridized carbons (Fsp3) is 0.381. The van der Waals surface area contributed by atoms with Crippen LogP contribution in [0.4, 0.5) is 11.4 Å². The number of methoxy groups -OCH3 is 2. The van der Waals surface area contributed by atoms with Gasteiger partial charge in [0.1, 0.15) is 11.5 Å². The highest BCUT2D eigenvalue weighted by Gasteiger charge is 2.28. The molecule has 2 aromatic rings. The van der Waals surface area contributed by atoms with Crippen LogP contribution in [-0.2, 0) is 21.2 Å². The average molecular weight is 464 g/mol. The normalized spacial score (nSPS) is 14.2. The predicted molar refractivity (Wildman–Crippen MR) is 118 cm³/mol. The molecule has 1 amide bonds. The Morgan fingerprint density at radius 1 is 1.09 bits per heavy atom. The lowest BCUT2D eigenvalue weighted by atomic mass is 10.1. The lowest BCUT2D eigenvalue weighted by molar-refractivity contribution is -0.384. The van der Waals surface area contributed by atoms with Crippen LogP contribution in [0.2, 0.25) is 0 Å². The summed E-state index contributed by atoms with van der Waals surface area (Å²) in [6, 6.07) is 8.53. The maximum absolute atomic E-state index is 12.9. The quantitative estimate of drug-likeness (QED) is 0.447. The minimum atomic E-state index is -3.60. The lowest BCUT2D eigenvalue weighted by Gasteiger charge is -2.17. The van der Waals surface area contributed by atoms with Crippen LogP contribution in [0, 0.1) is 10.1 Å². The second kappa shape index (κ2) is 9.96. The SMILES string of the molecule is COc1ccc(S(=O)(=O)N2CCCC2)cc1CCC(=O)Nc1cc([N+](=O)[O-])ccc1OC. The number of hydrogen-bond acceptors (Lipinski definition) is 7. The number of sulfonamides is 1. The van der Waals surface area contributed by atoms with Crippen molar-refractivity contribution in [3.8, 4) is 11.5 Å². The van der Waals surface area contributed by atoms with Gasteiger partial charge in [0.25, 0.3) is 5.69 Å². The second-order valence-electron chi connectivity index (χ2n) is 7.27. The maximum atomic E-state index is 12.9. The van der Waals surface area contributed by atoms with Gasteiger partial charge >= 0.3 is 0 Å². The molecule has 11 heteroatoms. The van der Waals surface area contributed by atoms with E-state index in [1.165, 1.54) is 48.9 Å². The molecule has 0 radical (unpaired) electrons. The standard InChI is InChI=1S/C21H25N3O7S/c1-30-19-9-7-17(32(28,29)23-11-3-4-12-23)13-15(19)5-10-21(25)22-18-14-16(24(26)27)6-8-20(18)31-2/h6-9,13-14H,3-5,10-12H2,1-2H3,(H,22,25). The summed E-state index contributed by atoms with van der Waals surface area (Å²) >= 11 is 0. The summed E-state index contributed by atoms with van der Waals surface area (Å²) in [6.07, 6.45) is 1.90. The Hall–Kier alpha value is -3.18. The number of amides is 1. The van der Waals surface area contributed by atoms with Crippen LogP contribution in [0.5, 0.6) is 11.5 Å².